The molecule has 7 aliphatic heterocycles. The van der Waals surface area contributed by atoms with E-state index in [1.54, 1.807) is 9.80 Å². The maximum Gasteiger partial charge on any atom is 0.199 e. The van der Waals surface area contributed by atoms with Crippen LogP contribution in [-0.2, 0) is 28.8 Å². The average molecular weight is 2040 g/mol. The van der Waals surface area contributed by atoms with Gasteiger partial charge >= 0.3 is 0 Å². The minimum absolute atomic E-state index is 0.0697. The Morgan fingerprint density at radius 2 is 0.652 bits per heavy atom. The van der Waals surface area contributed by atoms with E-state index in [1.165, 1.54) is 64.5 Å². The summed E-state index contributed by atoms with van der Waals surface area (Å²) < 4.78 is 15.0. The van der Waals surface area contributed by atoms with E-state index in [4.69, 9.17) is 48.8 Å². The van der Waals surface area contributed by atoms with E-state index in [0.717, 1.165) is 243 Å². The number of aromatic amines is 4. The number of aromatic nitrogens is 4. The maximum absolute atomic E-state index is 10.8. The molecule has 1 saturated carbocycles. The quantitative estimate of drug-likeness (QED) is 0.0148. The van der Waals surface area contributed by atoms with Crippen molar-refractivity contribution in [2.75, 3.05) is 151 Å². The first-order chi connectivity index (χ1) is 64.7. The molecule has 10 N–H and O–H groups in total. The van der Waals surface area contributed by atoms with Crippen LogP contribution in [0.15, 0.2) is 228 Å². The summed E-state index contributed by atoms with van der Waals surface area (Å²) in [5, 5.41) is 64.5. The van der Waals surface area contributed by atoms with Crippen LogP contribution >= 0.6 is 63.7 Å². The van der Waals surface area contributed by atoms with Crippen molar-refractivity contribution >= 4 is 176 Å². The number of hydrogen-bond donors (Lipinski definition) is 10. The number of piperidine rings is 1. The number of aromatic hydroxyl groups is 4. The van der Waals surface area contributed by atoms with Crippen molar-refractivity contribution in [1.82, 2.24) is 34.6 Å². The number of aliphatic imine (C=N–C) groups is 4. The second-order valence-electron chi connectivity index (χ2n) is 34.3. The number of H-pyrrole nitrogens is 4. The number of para-hydroxylation sites is 4. The lowest BCUT2D eigenvalue weighted by molar-refractivity contribution is -1.01. The molecule has 4 aromatic heterocycles. The number of halogens is 4. The van der Waals surface area contributed by atoms with E-state index in [-0.39, 0.29) is 23.5 Å². The largest absolute Gasteiger partial charge is 0.494 e. The van der Waals surface area contributed by atoms with Crippen molar-refractivity contribution in [3.63, 3.8) is 0 Å². The topological polar surface area (TPSA) is 317 Å². The molecule has 12 aromatic rings. The number of hydrogen-bond acceptors (Lipinski definition) is 21. The molecule has 8 aliphatic rings. The van der Waals surface area contributed by atoms with Gasteiger partial charge in [0.2, 0.25) is 0 Å². The molecule has 0 bridgehead atoms. The molecule has 27 nitrogen and oxygen atoms in total. The van der Waals surface area contributed by atoms with Gasteiger partial charge in [-0.15, -0.1) is 0 Å². The Bertz CT molecular complexity index is 5950. The first kappa shape index (κ1) is 93.1. The number of piperazine rings is 2. The lowest BCUT2D eigenvalue weighted by Crippen LogP contribution is -3.28. The van der Waals surface area contributed by atoms with Crippen LogP contribution in [-0.4, -0.2) is 252 Å². The molecule has 11 heterocycles. The Hall–Kier alpha value is -10.7. The molecule has 0 amide bonds. The van der Waals surface area contributed by atoms with Crippen LogP contribution in [0.1, 0.15) is 129 Å². The van der Waals surface area contributed by atoms with Crippen LogP contribution in [0.4, 0.5) is 22.7 Å². The molecule has 0 unspecified atom stereocenters. The average Bonchev–Trinajstić information content (AvgIpc) is 1.62. The highest BCUT2D eigenvalue weighted by atomic mass is 79.9. The molecule has 0 radical (unpaired) electrons. The molecule has 20 rings (SSSR count). The van der Waals surface area contributed by atoms with Gasteiger partial charge in [0.05, 0.1) is 58.2 Å². The van der Waals surface area contributed by atoms with Crippen LogP contribution in [0, 0.1) is 5.92 Å². The van der Waals surface area contributed by atoms with Crippen molar-refractivity contribution in [3.8, 4) is 23.5 Å². The second kappa shape index (κ2) is 44.9. The van der Waals surface area contributed by atoms with Crippen LogP contribution < -0.4 is 9.80 Å². The van der Waals surface area contributed by atoms with Gasteiger partial charge in [0.15, 0.2) is 30.1 Å². The van der Waals surface area contributed by atoms with Crippen molar-refractivity contribution < 1.29 is 59.1 Å². The van der Waals surface area contributed by atoms with E-state index >= 15 is 0 Å². The first-order valence-corrected chi connectivity index (χ1v) is 49.4. The molecule has 132 heavy (non-hydrogen) atoms. The fraction of sp³-hybridized carbons (Fsp3) is 0.366. The number of quaternary nitrogens is 2. The third kappa shape index (κ3) is 22.4. The lowest BCUT2D eigenvalue weighted by atomic mass is 9.87. The molecule has 3 saturated heterocycles. The highest BCUT2D eigenvalue weighted by Gasteiger charge is 2.36. The summed E-state index contributed by atoms with van der Waals surface area (Å²) in [5.74, 6) is 1.06. The fourth-order valence-electron chi connectivity index (χ4n) is 18.4. The molecule has 0 atom stereocenters. The Kier molecular flexibility index (Phi) is 31.7. The molecule has 0 spiro atoms. The summed E-state index contributed by atoms with van der Waals surface area (Å²) in [7, 11) is 0. The monoisotopic (exact) mass is 2040 g/mol. The van der Waals surface area contributed by atoms with Gasteiger partial charge in [-0.25, -0.2) is 20.0 Å². The van der Waals surface area contributed by atoms with Gasteiger partial charge in [-0.05, 0) is 148 Å². The summed E-state index contributed by atoms with van der Waals surface area (Å²) in [6, 6.07) is 54.8. The zero-order valence-electron chi connectivity index (χ0n) is 74.5. The standard InChI is InChI=1S/2C27H32BrN5O3.C24H24BrN3O2.C23H23BrN4O2/c2*1-2-15-35-16-13-32-9-11-33(12-10-32)14-17-36-31-25-20-5-3-4-6-22(20)29-26(25)24-21-18-19(28)7-8-23(21)30-27(24)34;25-16-10-11-20-18(14-16)21(24(29)27-20)23-22(17-8-4-5-9-19(17)26-23)28-30-13-12-15-6-2-1-3-7-15;24-15-8-9-19-17(14-15)20(23(29)26-19)22-21(16-6-2-3-7-18(16)25-22)27-30-13-12-28-10-4-1-5-11-28/h2*3-8,18,30,34H,2,9-17H2,1H3;4-5,8-11,14-15,27,29H,1-3,6-7,12-13H2;2-3,6-9,14,26,29H,1,4-5,10-13H2/p+2/b2*31-25+;28-22+;27-21+. The number of nitrogens with zero attached hydrogens (tertiary/aromatic N) is 11. The van der Waals surface area contributed by atoms with Crippen molar-refractivity contribution in [2.24, 2.45) is 46.5 Å². The Morgan fingerprint density at radius 1 is 0.348 bits per heavy atom. The highest BCUT2D eigenvalue weighted by molar-refractivity contribution is 9.11. The van der Waals surface area contributed by atoms with Crippen LogP contribution in [0.5, 0.6) is 23.5 Å². The molecule has 4 fully saturated rings. The second-order valence-corrected chi connectivity index (χ2v) is 37.9. The van der Waals surface area contributed by atoms with Crippen LogP contribution in [0.25, 0.3) is 43.6 Å². The zero-order valence-corrected chi connectivity index (χ0v) is 80.8. The highest BCUT2D eigenvalue weighted by Crippen LogP contribution is 2.43. The van der Waals surface area contributed by atoms with Gasteiger partial charge in [0.25, 0.3) is 0 Å². The van der Waals surface area contributed by atoms with Crippen LogP contribution in [0.2, 0.25) is 0 Å². The molecule has 688 valence electrons. The minimum Gasteiger partial charge on any atom is -0.494 e. The normalized spacial score (nSPS) is 18.6. The van der Waals surface area contributed by atoms with E-state index in [1.807, 2.05) is 170 Å². The van der Waals surface area contributed by atoms with Crippen molar-refractivity contribution in [3.05, 3.63) is 232 Å². The molecule has 1 aliphatic carbocycles. The van der Waals surface area contributed by atoms with Gasteiger partial charge in [-0.2, -0.15) is 0 Å². The third-order valence-corrected chi connectivity index (χ3v) is 27.3. The maximum atomic E-state index is 10.8. The summed E-state index contributed by atoms with van der Waals surface area (Å²) in [4.78, 5) is 65.1. The third-order valence-electron chi connectivity index (χ3n) is 25.3. The van der Waals surface area contributed by atoms with Crippen molar-refractivity contribution in [2.45, 2.75) is 84.5 Å². The van der Waals surface area contributed by atoms with Gasteiger partial charge in [-0.1, -0.05) is 210 Å². The number of oxime groups is 4. The predicted octanol–water partition coefficient (Wildman–Crippen LogP) is 17.7. The van der Waals surface area contributed by atoms with E-state index in [2.05, 4.69) is 133 Å². The molecule has 31 heteroatoms. The number of fused-ring (bicyclic) bond motifs is 8. The first-order valence-electron chi connectivity index (χ1n) is 46.2. The fourth-order valence-corrected chi connectivity index (χ4v) is 19.8. The van der Waals surface area contributed by atoms with E-state index in [0.29, 0.717) is 94.4 Å². The summed E-state index contributed by atoms with van der Waals surface area (Å²) >= 11 is 14.1. The number of rotatable bonds is 30. The SMILES string of the molecule is CCCOCCN1CCN(CCO/N=C2/C(c3c(O)[nH]c4ccc(Br)cc34)=Nc3ccccc32)CC1.CCCOCC[NH+]1CC[NH+](CCO/N=C2/C(c3c(O)[nH]c4ccc(Br)cc34)=Nc3ccccc32)CC1.Oc1[nH]c2ccc(Br)cc2c1C1=Nc2ccccc2/C1=N\OCCC1CCCCC1.Oc1[nH]c2ccc(Br)cc2c1C1=Nc2ccccc2/C1=N\OCCN1CCCCC1. The smallest absolute Gasteiger partial charge is 0.199 e. The van der Waals surface area contributed by atoms with E-state index in [9.17, 15) is 20.4 Å². The lowest BCUT2D eigenvalue weighted by Gasteiger charge is -2.34. The summed E-state index contributed by atoms with van der Waals surface area (Å²) in [6.07, 6.45) is 13.6. The summed E-state index contributed by atoms with van der Waals surface area (Å²) in [5.41, 5.74) is 18.0. The zero-order chi connectivity index (χ0) is 90.8. The molecular weight excluding hydrogens is 1930 g/mol. The van der Waals surface area contributed by atoms with Gasteiger partial charge in [0.1, 0.15) is 105 Å². The Labute approximate surface area is 801 Å². The Balaban J connectivity index is 0.000000123. The van der Waals surface area contributed by atoms with Crippen molar-refractivity contribution in [1.29, 1.82) is 0 Å². The number of ether oxygens (including phenoxy) is 2. The summed E-state index contributed by atoms with van der Waals surface area (Å²) in [6.45, 7) is 25.5. The van der Waals surface area contributed by atoms with Gasteiger partial charge < -0.3 is 79.0 Å². The minimum atomic E-state index is 0.0697. The predicted molar refractivity (Wildman–Crippen MR) is 539 cm³/mol. The van der Waals surface area contributed by atoms with Gasteiger partial charge in [-0.3, -0.25) is 14.7 Å². The van der Waals surface area contributed by atoms with E-state index < -0.39 is 0 Å². The number of benzene rings is 8. The Morgan fingerprint density at radius 3 is 1.01 bits per heavy atom. The molecular formula is C101H113Br4N17O10+2. The van der Waals surface area contributed by atoms with Gasteiger partial charge in [0, 0.05) is 143 Å². The number of nitrogens with one attached hydrogen (secondary N) is 6. The van der Waals surface area contributed by atoms with Crippen LogP contribution in [0.3, 0.4) is 0 Å². The molecule has 8 aromatic carbocycles. The number of likely N-dealkylation sites (tertiary alicyclic amines) is 1.